The number of nitrogens with one attached hydrogen (secondary N) is 2. The van der Waals surface area contributed by atoms with Crippen molar-refractivity contribution in [2.24, 2.45) is 5.41 Å². The maximum absolute atomic E-state index is 13.9. The maximum Gasteiger partial charge on any atom is 0.342 e. The summed E-state index contributed by atoms with van der Waals surface area (Å²) in [5.41, 5.74) is 3.18. The van der Waals surface area contributed by atoms with Crippen molar-refractivity contribution in [2.45, 2.75) is 91.1 Å². The van der Waals surface area contributed by atoms with Gasteiger partial charge in [-0.2, -0.15) is 9.97 Å². The first-order valence-corrected chi connectivity index (χ1v) is 15.5. The van der Waals surface area contributed by atoms with Crippen molar-refractivity contribution in [3.8, 4) is 5.88 Å². The molecule has 17 nitrogen and oxygen atoms in total. The van der Waals surface area contributed by atoms with Gasteiger partial charge in [-0.15, -0.1) is 0 Å². The van der Waals surface area contributed by atoms with E-state index in [9.17, 15) is 24.4 Å². The molecular formula is C26H44N7O10P. The van der Waals surface area contributed by atoms with E-state index in [1.165, 1.54) is 31.9 Å². The van der Waals surface area contributed by atoms with E-state index in [2.05, 4.69) is 25.1 Å². The van der Waals surface area contributed by atoms with Crippen molar-refractivity contribution in [1.29, 1.82) is 0 Å². The molecule has 3 heterocycles. The van der Waals surface area contributed by atoms with Crippen LogP contribution in [0, 0.1) is 5.41 Å². The average molecular weight is 646 g/mol. The van der Waals surface area contributed by atoms with Crippen molar-refractivity contribution in [1.82, 2.24) is 29.7 Å². The minimum atomic E-state index is -4.22. The molecule has 1 fully saturated rings. The number of nitrogens with two attached hydrogens (primary N) is 1. The highest BCUT2D eigenvalue weighted by molar-refractivity contribution is 7.54. The number of methoxy groups -OCH3 is 1. The van der Waals surface area contributed by atoms with E-state index in [0.717, 1.165) is 0 Å². The summed E-state index contributed by atoms with van der Waals surface area (Å²) in [7, 11) is -2.83. The molecule has 248 valence electrons. The summed E-state index contributed by atoms with van der Waals surface area (Å²) in [6, 6.07) is -1.13. The fourth-order valence-corrected chi connectivity index (χ4v) is 5.74. The summed E-state index contributed by atoms with van der Waals surface area (Å²) < 4.78 is 42.7. The summed E-state index contributed by atoms with van der Waals surface area (Å²) in [5.74, 6) is -1.45. The van der Waals surface area contributed by atoms with Gasteiger partial charge in [-0.3, -0.25) is 18.7 Å². The quantitative estimate of drug-likeness (QED) is 0.160. The molecule has 6 atom stereocenters. The molecule has 3 rings (SSSR count). The number of esters is 2. The topological polar surface area (TPSA) is 231 Å². The minimum Gasteiger partial charge on any atom is -0.479 e. The predicted octanol–water partition coefficient (Wildman–Crippen LogP) is 1.05. The number of aliphatic hydroxyl groups excluding tert-OH is 1. The molecule has 2 aromatic heterocycles. The Kier molecular flexibility index (Phi) is 10.7. The van der Waals surface area contributed by atoms with Gasteiger partial charge in [0.05, 0.1) is 26.7 Å². The number of aliphatic hydroxyl groups is 2. The van der Waals surface area contributed by atoms with Gasteiger partial charge in [0.25, 0.3) is 0 Å². The zero-order valence-electron chi connectivity index (χ0n) is 26.5. The monoisotopic (exact) mass is 645 g/mol. The normalized spacial score (nSPS) is 24.6. The van der Waals surface area contributed by atoms with Gasteiger partial charge in [0.2, 0.25) is 11.8 Å². The van der Waals surface area contributed by atoms with Gasteiger partial charge in [-0.1, -0.05) is 20.8 Å². The third-order valence-corrected chi connectivity index (χ3v) is 8.06. The number of hydrogen-bond donors (Lipinski definition) is 5. The van der Waals surface area contributed by atoms with E-state index in [4.69, 9.17) is 29.2 Å². The number of hydrogen-bond acceptors (Lipinski definition) is 14. The van der Waals surface area contributed by atoms with Crippen LogP contribution in [0.3, 0.4) is 0 Å². The van der Waals surface area contributed by atoms with Crippen LogP contribution >= 0.6 is 7.67 Å². The minimum absolute atomic E-state index is 0.0996. The summed E-state index contributed by atoms with van der Waals surface area (Å²) in [5, 5.41) is 27.4. The summed E-state index contributed by atoms with van der Waals surface area (Å²) in [6.07, 6.45) is -2.73. The molecule has 6 N–H and O–H groups in total. The zero-order chi connectivity index (χ0) is 33.3. The second-order valence-electron chi connectivity index (χ2n) is 12.9. The van der Waals surface area contributed by atoms with E-state index in [0.29, 0.717) is 0 Å². The molecule has 0 aromatic carbocycles. The SMILES string of the molecule is COc1nc(N)nc2c1ncn2C1OC(COP(=O)(NCC(=O)OC(C)(C)C)NC(C)C(=O)OCC(C)(C)C)C(O)C1(C)O. The highest BCUT2D eigenvalue weighted by atomic mass is 31.2. The zero-order valence-corrected chi connectivity index (χ0v) is 27.4. The van der Waals surface area contributed by atoms with Gasteiger partial charge < -0.3 is 39.4 Å². The average Bonchev–Trinajstić information content (AvgIpc) is 3.40. The number of rotatable bonds is 12. The van der Waals surface area contributed by atoms with Crippen LogP contribution in [0.1, 0.15) is 61.6 Å². The van der Waals surface area contributed by atoms with E-state index < -0.39 is 68.4 Å². The van der Waals surface area contributed by atoms with Crippen molar-refractivity contribution >= 4 is 36.7 Å². The van der Waals surface area contributed by atoms with E-state index in [-0.39, 0.29) is 35.0 Å². The van der Waals surface area contributed by atoms with Gasteiger partial charge >= 0.3 is 19.6 Å². The summed E-state index contributed by atoms with van der Waals surface area (Å²) >= 11 is 0. The number of carbonyl (C=O) groups excluding carboxylic acids is 2. The van der Waals surface area contributed by atoms with Crippen molar-refractivity contribution in [2.75, 3.05) is 32.6 Å². The fourth-order valence-electron chi connectivity index (χ4n) is 4.17. The first kappa shape index (κ1) is 35.6. The van der Waals surface area contributed by atoms with Crippen LogP contribution in [0.2, 0.25) is 0 Å². The first-order chi connectivity index (χ1) is 20.2. The Morgan fingerprint density at radius 1 is 1.25 bits per heavy atom. The Morgan fingerprint density at radius 2 is 1.91 bits per heavy atom. The van der Waals surface area contributed by atoms with Crippen LogP contribution < -0.4 is 20.6 Å². The van der Waals surface area contributed by atoms with Crippen molar-refractivity contribution in [3.05, 3.63) is 6.33 Å². The highest BCUT2D eigenvalue weighted by Gasteiger charge is 2.54. The van der Waals surface area contributed by atoms with E-state index in [1.54, 1.807) is 20.8 Å². The fraction of sp³-hybridized carbons (Fsp3) is 0.731. The van der Waals surface area contributed by atoms with E-state index in [1.807, 2.05) is 20.8 Å². The Bertz CT molecular complexity index is 1390. The molecule has 0 spiro atoms. The Hall–Kier alpha value is -2.92. The third kappa shape index (κ3) is 8.84. The smallest absolute Gasteiger partial charge is 0.342 e. The van der Waals surface area contributed by atoms with E-state index >= 15 is 0 Å². The van der Waals surface area contributed by atoms with Crippen molar-refractivity contribution in [3.63, 3.8) is 0 Å². The number of nitrogens with zero attached hydrogens (tertiary/aromatic N) is 4. The molecule has 0 aliphatic carbocycles. The molecule has 1 aliphatic rings. The van der Waals surface area contributed by atoms with Crippen LogP contribution in [0.25, 0.3) is 11.2 Å². The number of imidazole rings is 1. The van der Waals surface area contributed by atoms with Gasteiger partial charge in [-0.05, 0) is 40.0 Å². The van der Waals surface area contributed by atoms with Crippen LogP contribution in [0.5, 0.6) is 5.88 Å². The van der Waals surface area contributed by atoms with Crippen LogP contribution in [0.15, 0.2) is 6.33 Å². The molecule has 18 heteroatoms. The lowest BCUT2D eigenvalue weighted by Gasteiger charge is -2.28. The number of ether oxygens (including phenoxy) is 4. The number of nitrogen functional groups attached to an aromatic ring is 1. The van der Waals surface area contributed by atoms with Crippen LogP contribution in [-0.4, -0.2) is 98.0 Å². The summed E-state index contributed by atoms with van der Waals surface area (Å²) in [4.78, 5) is 37.4. The largest absolute Gasteiger partial charge is 0.479 e. The lowest BCUT2D eigenvalue weighted by molar-refractivity contribution is -0.153. The predicted molar refractivity (Wildman–Crippen MR) is 157 cm³/mol. The molecule has 1 saturated heterocycles. The molecule has 44 heavy (non-hydrogen) atoms. The Balaban J connectivity index is 1.80. The Labute approximate surface area is 255 Å². The molecule has 6 unspecified atom stereocenters. The second-order valence-corrected chi connectivity index (χ2v) is 14.8. The van der Waals surface area contributed by atoms with Gasteiger partial charge in [0.15, 0.2) is 17.4 Å². The number of carbonyl (C=O) groups is 2. The molecule has 0 saturated carbocycles. The van der Waals surface area contributed by atoms with Gasteiger partial charge in [0.1, 0.15) is 36.0 Å². The second kappa shape index (κ2) is 13.2. The number of anilines is 1. The van der Waals surface area contributed by atoms with Gasteiger partial charge in [-0.25, -0.2) is 15.2 Å². The lowest BCUT2D eigenvalue weighted by Crippen LogP contribution is -2.45. The molecule has 0 amide bonds. The third-order valence-electron chi connectivity index (χ3n) is 6.24. The molecule has 0 radical (unpaired) electrons. The summed E-state index contributed by atoms with van der Waals surface area (Å²) in [6.45, 7) is 12.5. The highest BCUT2D eigenvalue weighted by Crippen LogP contribution is 2.43. The van der Waals surface area contributed by atoms with Crippen LogP contribution in [-0.2, 0) is 32.9 Å². The van der Waals surface area contributed by atoms with Crippen LogP contribution in [0.4, 0.5) is 5.95 Å². The Morgan fingerprint density at radius 3 is 2.50 bits per heavy atom. The maximum atomic E-state index is 13.9. The number of fused-ring (bicyclic) bond motifs is 1. The molecule has 0 bridgehead atoms. The molecule has 1 aliphatic heterocycles. The molecular weight excluding hydrogens is 601 g/mol. The number of aromatic nitrogens is 4. The van der Waals surface area contributed by atoms with Crippen molar-refractivity contribution < 1.29 is 47.8 Å². The first-order valence-electron chi connectivity index (χ1n) is 13.9. The lowest BCUT2D eigenvalue weighted by atomic mass is 9.96. The standard InChI is InChI=1S/C26H44N7O10P/c1-14(21(36)40-12-24(2,3)4)32-44(38,29-10-16(34)43-25(5,6)7)41-11-15-18(35)26(8,37)22(42-15)33-13-28-17-19(33)30-23(27)31-20(17)39-9/h13-15,18,22,35,37H,10-12H2,1-9H3,(H2,27,30,31)(H2,29,32,38). The van der Waals surface area contributed by atoms with Gasteiger partial charge in [0, 0.05) is 0 Å². The molecule has 2 aromatic rings.